The number of ether oxygens (including phenoxy) is 4. The summed E-state index contributed by atoms with van der Waals surface area (Å²) in [7, 11) is 0. The zero-order valence-electron chi connectivity index (χ0n) is 40.4. The molecule has 21 heteroatoms. The van der Waals surface area contributed by atoms with Crippen LogP contribution < -0.4 is 30.0 Å². The first-order valence-corrected chi connectivity index (χ1v) is 25.8. The van der Waals surface area contributed by atoms with E-state index in [0.29, 0.717) is 37.6 Å². The van der Waals surface area contributed by atoms with E-state index in [0.717, 1.165) is 88.6 Å². The fourth-order valence-corrected chi connectivity index (χ4v) is 10.7. The number of carboxylic acids is 1. The van der Waals surface area contributed by atoms with Crippen LogP contribution in [0.2, 0.25) is 0 Å². The van der Waals surface area contributed by atoms with Crippen LogP contribution in [0.1, 0.15) is 83.2 Å². The van der Waals surface area contributed by atoms with Crippen LogP contribution >= 0.6 is 22.7 Å². The lowest BCUT2D eigenvalue weighted by atomic mass is 10.00. The second-order valence-corrected chi connectivity index (χ2v) is 20.2. The molecule has 0 unspecified atom stereocenters. The number of carboxylic acid groups (broad SMARTS) is 1. The number of halogens is 4. The summed E-state index contributed by atoms with van der Waals surface area (Å²) >= 11 is 2.20. The Morgan fingerprint density at radius 1 is 0.571 bits per heavy atom. The second-order valence-electron chi connectivity index (χ2n) is 18.0. The van der Waals surface area contributed by atoms with Crippen molar-refractivity contribution in [3.05, 3.63) is 141 Å². The van der Waals surface area contributed by atoms with Crippen LogP contribution in [0.25, 0.3) is 20.9 Å². The number of hydrogen-bond acceptors (Lipinski definition) is 15. The molecule has 0 radical (unpaired) electrons. The number of aliphatic hydroxyl groups excluding tert-OH is 2. The van der Waals surface area contributed by atoms with Gasteiger partial charge in [-0.2, -0.15) is 0 Å². The van der Waals surface area contributed by atoms with Crippen LogP contribution in [0.4, 0.5) is 17.6 Å². The highest BCUT2D eigenvalue weighted by Crippen LogP contribution is 2.38. The smallest absolute Gasteiger partial charge is 0.378 e. The van der Waals surface area contributed by atoms with E-state index in [1.807, 2.05) is 0 Å². The van der Waals surface area contributed by atoms with Gasteiger partial charge in [-0.15, -0.1) is 22.7 Å². The molecule has 77 heavy (non-hydrogen) atoms. The number of ketones is 2. The predicted molar refractivity (Wildman–Crippen MR) is 285 cm³/mol. The Balaban J connectivity index is 0.000000203. The topological polar surface area (TPSA) is 210 Å². The molecule has 2 aromatic heterocycles. The van der Waals surface area contributed by atoms with Gasteiger partial charge in [0.1, 0.15) is 44.2 Å². The van der Waals surface area contributed by atoms with Gasteiger partial charge in [0, 0.05) is 28.9 Å². The van der Waals surface area contributed by atoms with E-state index in [9.17, 15) is 47.0 Å². The largest absolute Gasteiger partial charge is 0.486 e. The summed E-state index contributed by atoms with van der Waals surface area (Å²) in [6.07, 6.45) is 2.12. The van der Waals surface area contributed by atoms with Crippen molar-refractivity contribution in [1.29, 1.82) is 0 Å². The average Bonchev–Trinajstić information content (AvgIpc) is 4.29. The Morgan fingerprint density at radius 2 is 0.987 bits per heavy atom. The Bertz CT molecular complexity index is 2970. The summed E-state index contributed by atoms with van der Waals surface area (Å²) in [6, 6.07) is 22.2. The van der Waals surface area contributed by atoms with Crippen LogP contribution in [0.15, 0.2) is 97.1 Å². The number of nitrogens with zero attached hydrogens (tertiary/aromatic N) is 2. The Hall–Kier alpha value is -6.72. The third-order valence-electron chi connectivity index (χ3n) is 12.7. The predicted octanol–water partition coefficient (Wildman–Crippen LogP) is 9.11. The summed E-state index contributed by atoms with van der Waals surface area (Å²) in [6.45, 7) is 5.72. The molecule has 4 aliphatic rings. The molecule has 4 aromatic carbocycles. The SMILES string of the molecule is C.C.N[C@H](CN1CCCC1)[C@H](O)c1cc(F)c2c(c1)OCCO2.O=C(N[C@H](CN1CCCC1)[C@H](O)c1cc(F)c2c(c1)OCCO2)C(=O)c1ccc(-c2ccc(F)cc2)s1.O=C(O)C(=O)c1ccc(-c2ccc(F)cc2)s1. The normalized spacial score (nSPS) is 16.1. The maximum atomic E-state index is 14.6. The maximum Gasteiger partial charge on any atom is 0.378 e. The minimum Gasteiger partial charge on any atom is -0.486 e. The van der Waals surface area contributed by atoms with Crippen molar-refractivity contribution in [3.63, 3.8) is 0 Å². The molecule has 4 aliphatic heterocycles. The standard InChI is InChI=1S/C27H26F2N2O5S.C15H21FN2O3.C12H7FO3S.2CH4/c28-18-5-3-16(4-6-18)22-7-8-23(37-22)25(33)27(34)30-20(15-31-9-1-2-10-31)24(32)17-13-19(29)26-21(14-17)35-11-12-36-26;16-11-7-10(8-13-15(11)21-6-5-20-13)14(19)12(17)9-18-3-1-2-4-18;13-8-3-1-7(2-4-8)9-5-6-10(17-9)11(14)12(15)16;;/h3-8,13-14,20,24,32H,1-2,9-12,15H2,(H,30,34);7-8,12,14,19H,1-6,9,17H2;1-6H,(H,15,16);2*1H4/t20-,24-;12-,14-;;;/m11.../s1. The van der Waals surface area contributed by atoms with Gasteiger partial charge < -0.3 is 55.1 Å². The van der Waals surface area contributed by atoms with E-state index < -0.39 is 59.4 Å². The van der Waals surface area contributed by atoms with Gasteiger partial charge in [0.05, 0.1) is 21.9 Å². The number of nitrogens with two attached hydrogens (primary N) is 1. The highest BCUT2D eigenvalue weighted by Gasteiger charge is 2.32. The number of carbonyl (C=O) groups is 4. The van der Waals surface area contributed by atoms with Crippen LogP contribution in [0.3, 0.4) is 0 Å². The third kappa shape index (κ3) is 15.3. The molecule has 0 aliphatic carbocycles. The van der Waals surface area contributed by atoms with E-state index in [-0.39, 0.29) is 72.3 Å². The van der Waals surface area contributed by atoms with Crippen molar-refractivity contribution in [2.75, 3.05) is 65.7 Å². The lowest BCUT2D eigenvalue weighted by Gasteiger charge is -2.29. The van der Waals surface area contributed by atoms with Gasteiger partial charge in [0.2, 0.25) is 0 Å². The van der Waals surface area contributed by atoms with Gasteiger partial charge >= 0.3 is 5.97 Å². The Morgan fingerprint density at radius 3 is 1.44 bits per heavy atom. The molecule has 2 fully saturated rings. The molecule has 4 atom stereocenters. The molecule has 412 valence electrons. The van der Waals surface area contributed by atoms with Crippen molar-refractivity contribution in [1.82, 2.24) is 15.1 Å². The monoisotopic (exact) mass is 1110 g/mol. The average molecular weight is 1110 g/mol. The van der Waals surface area contributed by atoms with E-state index in [1.165, 1.54) is 55.3 Å². The molecule has 6 heterocycles. The molecule has 6 N–H and O–H groups in total. The first-order valence-electron chi connectivity index (χ1n) is 24.2. The number of rotatable bonds is 15. The third-order valence-corrected chi connectivity index (χ3v) is 14.9. The van der Waals surface area contributed by atoms with Crippen molar-refractivity contribution < 1.29 is 71.0 Å². The van der Waals surface area contributed by atoms with Crippen LogP contribution in [-0.4, -0.2) is 126 Å². The first kappa shape index (κ1) is 59.5. The van der Waals surface area contributed by atoms with E-state index in [1.54, 1.807) is 48.5 Å². The number of Topliss-reactive ketones (excluding diaryl/α,β-unsaturated/α-hetero) is 2. The number of thiophene rings is 2. The van der Waals surface area contributed by atoms with Gasteiger partial charge in [0.15, 0.2) is 34.6 Å². The molecular weight excluding hydrogens is 1040 g/mol. The molecule has 6 aromatic rings. The summed E-state index contributed by atoms with van der Waals surface area (Å²) in [5, 5.41) is 32.8. The molecule has 15 nitrogen and oxygen atoms in total. The molecule has 0 spiro atoms. The molecule has 10 rings (SSSR count). The summed E-state index contributed by atoms with van der Waals surface area (Å²) in [5.74, 6) is -5.27. The Kier molecular flexibility index (Phi) is 21.3. The number of aliphatic carboxylic acids is 1. The number of hydrogen-bond donors (Lipinski definition) is 5. The number of benzene rings is 4. The zero-order valence-corrected chi connectivity index (χ0v) is 42.0. The van der Waals surface area contributed by atoms with Gasteiger partial charge in [-0.1, -0.05) is 39.1 Å². The fraction of sp³-hybridized carbons (Fsp3) is 0.357. The number of amides is 1. The summed E-state index contributed by atoms with van der Waals surface area (Å²) in [4.78, 5) is 53.8. The van der Waals surface area contributed by atoms with Gasteiger partial charge in [-0.3, -0.25) is 14.4 Å². The zero-order chi connectivity index (χ0) is 53.2. The number of aliphatic hydroxyl groups is 2. The van der Waals surface area contributed by atoms with Crippen molar-refractivity contribution in [2.45, 2.75) is 64.8 Å². The number of carbonyl (C=O) groups excluding carboxylic acids is 3. The summed E-state index contributed by atoms with van der Waals surface area (Å²) in [5.41, 5.74) is 8.20. The molecule has 0 saturated carbocycles. The molecule has 0 bridgehead atoms. The quantitative estimate of drug-likeness (QED) is 0.0369. The molecule has 2 saturated heterocycles. The lowest BCUT2D eigenvalue weighted by Crippen LogP contribution is -2.48. The minimum absolute atomic E-state index is 0. The van der Waals surface area contributed by atoms with E-state index in [2.05, 4.69) is 15.1 Å². The maximum absolute atomic E-state index is 14.6. The number of likely N-dealkylation sites (tertiary alicyclic amines) is 2. The van der Waals surface area contributed by atoms with Crippen molar-refractivity contribution in [2.24, 2.45) is 5.73 Å². The highest BCUT2D eigenvalue weighted by molar-refractivity contribution is 7.18. The van der Waals surface area contributed by atoms with Crippen LogP contribution in [0, 0.1) is 23.3 Å². The summed E-state index contributed by atoms with van der Waals surface area (Å²) < 4.78 is 76.0. The number of nitrogens with one attached hydrogen (secondary N) is 1. The van der Waals surface area contributed by atoms with Gasteiger partial charge in [-0.25, -0.2) is 22.4 Å². The van der Waals surface area contributed by atoms with Crippen molar-refractivity contribution in [3.8, 4) is 43.9 Å². The minimum atomic E-state index is -1.47. The van der Waals surface area contributed by atoms with Crippen LogP contribution in [-0.2, 0) is 9.59 Å². The fourth-order valence-electron chi connectivity index (χ4n) is 8.82. The highest BCUT2D eigenvalue weighted by atomic mass is 32.1. The van der Waals surface area contributed by atoms with Crippen LogP contribution in [0.5, 0.6) is 23.0 Å². The van der Waals surface area contributed by atoms with E-state index >= 15 is 0 Å². The molecular formula is C56H62F4N4O11S2. The van der Waals surface area contributed by atoms with Crippen molar-refractivity contribution >= 4 is 46.1 Å². The lowest BCUT2D eigenvalue weighted by molar-refractivity contribution is -0.131. The first-order chi connectivity index (χ1) is 36.1. The van der Waals surface area contributed by atoms with E-state index in [4.69, 9.17) is 29.8 Å². The second kappa shape index (κ2) is 27.5. The van der Waals surface area contributed by atoms with Gasteiger partial charge in [0.25, 0.3) is 17.5 Å². The Labute approximate surface area is 451 Å². The van der Waals surface area contributed by atoms with Gasteiger partial charge in [-0.05, 0) is 147 Å². The molecule has 1 amide bonds. The number of fused-ring (bicyclic) bond motifs is 2.